The standard InChI is InChI=1S/C18H26N2O4/c21-16(14-7-3-1-4-8-14)11-15-9-5-2-6-10-20(15)13-17(22)19-12-18(23)24/h1,3-4,7-8,15-16,21H,2,5-6,9-13H2,(H,19,22)(H,23,24). The lowest BCUT2D eigenvalue weighted by Gasteiger charge is -2.31. The number of hydrogen-bond donors (Lipinski definition) is 3. The van der Waals surface area contributed by atoms with Gasteiger partial charge >= 0.3 is 5.97 Å². The number of carbonyl (C=O) groups excluding carboxylic acids is 1. The number of carbonyl (C=O) groups is 2. The molecule has 1 aromatic carbocycles. The van der Waals surface area contributed by atoms with Crippen LogP contribution in [0.2, 0.25) is 0 Å². The number of aliphatic hydroxyl groups is 1. The monoisotopic (exact) mass is 334 g/mol. The number of benzene rings is 1. The molecule has 1 heterocycles. The average molecular weight is 334 g/mol. The quantitative estimate of drug-likeness (QED) is 0.704. The lowest BCUT2D eigenvalue weighted by atomic mass is 9.98. The molecule has 0 bridgehead atoms. The maximum absolute atomic E-state index is 12.0. The largest absolute Gasteiger partial charge is 0.480 e. The number of amides is 1. The number of nitrogens with zero attached hydrogens (tertiary/aromatic N) is 1. The van der Waals surface area contributed by atoms with Crippen molar-refractivity contribution in [3.8, 4) is 0 Å². The van der Waals surface area contributed by atoms with E-state index in [1.54, 1.807) is 0 Å². The molecule has 0 radical (unpaired) electrons. The lowest BCUT2D eigenvalue weighted by Crippen LogP contribution is -2.44. The molecule has 24 heavy (non-hydrogen) atoms. The van der Waals surface area contributed by atoms with Crippen molar-refractivity contribution in [1.82, 2.24) is 10.2 Å². The molecule has 0 aromatic heterocycles. The summed E-state index contributed by atoms with van der Waals surface area (Å²) < 4.78 is 0. The highest BCUT2D eigenvalue weighted by molar-refractivity contribution is 5.82. The Balaban J connectivity index is 1.95. The molecule has 2 rings (SSSR count). The van der Waals surface area contributed by atoms with Gasteiger partial charge in [-0.1, -0.05) is 43.2 Å². The van der Waals surface area contributed by atoms with Gasteiger partial charge in [0, 0.05) is 6.04 Å². The molecule has 132 valence electrons. The Kier molecular flexibility index (Phi) is 7.21. The van der Waals surface area contributed by atoms with E-state index in [0.717, 1.165) is 37.8 Å². The van der Waals surface area contributed by atoms with Gasteiger partial charge in [0.1, 0.15) is 6.54 Å². The number of carboxylic acid groups (broad SMARTS) is 1. The summed E-state index contributed by atoms with van der Waals surface area (Å²) in [5, 5.41) is 21.5. The summed E-state index contributed by atoms with van der Waals surface area (Å²) in [4.78, 5) is 24.6. The number of carboxylic acids is 1. The molecule has 1 amide bonds. The van der Waals surface area contributed by atoms with Crippen molar-refractivity contribution in [2.45, 2.75) is 44.2 Å². The van der Waals surface area contributed by atoms with Gasteiger partial charge in [0.05, 0.1) is 12.6 Å². The summed E-state index contributed by atoms with van der Waals surface area (Å²) in [6.07, 6.45) is 4.18. The van der Waals surface area contributed by atoms with Crippen molar-refractivity contribution in [1.29, 1.82) is 0 Å². The fraction of sp³-hybridized carbons (Fsp3) is 0.556. The van der Waals surface area contributed by atoms with Crippen molar-refractivity contribution >= 4 is 11.9 Å². The molecular formula is C18H26N2O4. The zero-order valence-electron chi connectivity index (χ0n) is 13.9. The second-order valence-electron chi connectivity index (χ2n) is 6.31. The van der Waals surface area contributed by atoms with E-state index in [9.17, 15) is 14.7 Å². The van der Waals surface area contributed by atoms with E-state index in [2.05, 4.69) is 10.2 Å². The highest BCUT2D eigenvalue weighted by Crippen LogP contribution is 2.26. The first-order chi connectivity index (χ1) is 11.6. The zero-order valence-corrected chi connectivity index (χ0v) is 13.9. The van der Waals surface area contributed by atoms with Crippen LogP contribution in [0, 0.1) is 0 Å². The molecule has 0 aliphatic carbocycles. The lowest BCUT2D eigenvalue weighted by molar-refractivity contribution is -0.138. The predicted molar refractivity (Wildman–Crippen MR) is 90.5 cm³/mol. The number of nitrogens with one attached hydrogen (secondary N) is 1. The Morgan fingerprint density at radius 3 is 2.67 bits per heavy atom. The number of likely N-dealkylation sites (tertiary alicyclic amines) is 1. The molecular weight excluding hydrogens is 308 g/mol. The van der Waals surface area contributed by atoms with Gasteiger partial charge < -0.3 is 15.5 Å². The maximum atomic E-state index is 12.0. The van der Waals surface area contributed by atoms with E-state index in [4.69, 9.17) is 5.11 Å². The molecule has 1 aromatic rings. The summed E-state index contributed by atoms with van der Waals surface area (Å²) in [7, 11) is 0. The third kappa shape index (κ3) is 5.94. The Hall–Kier alpha value is -1.92. The van der Waals surface area contributed by atoms with E-state index in [-0.39, 0.29) is 25.0 Å². The van der Waals surface area contributed by atoms with Crippen LogP contribution >= 0.6 is 0 Å². The summed E-state index contributed by atoms with van der Waals surface area (Å²) >= 11 is 0. The van der Waals surface area contributed by atoms with Crippen molar-refractivity contribution in [2.24, 2.45) is 0 Å². The van der Waals surface area contributed by atoms with Crippen LogP contribution in [0.15, 0.2) is 30.3 Å². The van der Waals surface area contributed by atoms with Crippen LogP contribution in [0.4, 0.5) is 0 Å². The van der Waals surface area contributed by atoms with Gasteiger partial charge in [-0.15, -0.1) is 0 Å². The first-order valence-corrected chi connectivity index (χ1v) is 8.52. The molecule has 1 aliphatic heterocycles. The molecule has 1 fully saturated rings. The fourth-order valence-corrected chi connectivity index (χ4v) is 3.20. The van der Waals surface area contributed by atoms with Gasteiger partial charge in [0.2, 0.25) is 5.91 Å². The van der Waals surface area contributed by atoms with Crippen LogP contribution in [0.1, 0.15) is 43.8 Å². The van der Waals surface area contributed by atoms with E-state index in [1.807, 2.05) is 30.3 Å². The second kappa shape index (κ2) is 9.39. The Labute approximate surface area is 142 Å². The molecule has 6 nitrogen and oxygen atoms in total. The molecule has 1 aliphatic rings. The highest BCUT2D eigenvalue weighted by Gasteiger charge is 2.25. The first-order valence-electron chi connectivity index (χ1n) is 8.52. The van der Waals surface area contributed by atoms with Gasteiger partial charge in [0.15, 0.2) is 0 Å². The van der Waals surface area contributed by atoms with Gasteiger partial charge in [-0.05, 0) is 31.4 Å². The van der Waals surface area contributed by atoms with Crippen LogP contribution in [-0.2, 0) is 9.59 Å². The van der Waals surface area contributed by atoms with Gasteiger partial charge in [-0.2, -0.15) is 0 Å². The van der Waals surface area contributed by atoms with Gasteiger partial charge in [-0.25, -0.2) is 0 Å². The smallest absolute Gasteiger partial charge is 0.322 e. The van der Waals surface area contributed by atoms with Crippen molar-refractivity contribution < 1.29 is 19.8 Å². The van der Waals surface area contributed by atoms with E-state index in [1.165, 1.54) is 0 Å². The maximum Gasteiger partial charge on any atom is 0.322 e. The molecule has 0 saturated carbocycles. The first kappa shape index (κ1) is 18.4. The second-order valence-corrected chi connectivity index (χ2v) is 6.31. The van der Waals surface area contributed by atoms with E-state index < -0.39 is 12.1 Å². The third-order valence-electron chi connectivity index (χ3n) is 4.46. The summed E-state index contributed by atoms with van der Waals surface area (Å²) in [5.74, 6) is -1.33. The minimum absolute atomic E-state index is 0.123. The van der Waals surface area contributed by atoms with Crippen LogP contribution < -0.4 is 5.32 Å². The minimum Gasteiger partial charge on any atom is -0.480 e. The highest BCUT2D eigenvalue weighted by atomic mass is 16.4. The minimum atomic E-state index is -1.05. The third-order valence-corrected chi connectivity index (χ3v) is 4.46. The van der Waals surface area contributed by atoms with E-state index in [0.29, 0.717) is 6.42 Å². The van der Waals surface area contributed by atoms with Crippen molar-refractivity contribution in [2.75, 3.05) is 19.6 Å². The Morgan fingerprint density at radius 1 is 1.21 bits per heavy atom. The van der Waals surface area contributed by atoms with E-state index >= 15 is 0 Å². The number of hydrogen-bond acceptors (Lipinski definition) is 4. The van der Waals surface area contributed by atoms with Crippen LogP contribution in [-0.4, -0.2) is 52.7 Å². The summed E-state index contributed by atoms with van der Waals surface area (Å²) in [6, 6.07) is 9.67. The van der Waals surface area contributed by atoms with Crippen LogP contribution in [0.25, 0.3) is 0 Å². The average Bonchev–Trinajstić information content (AvgIpc) is 2.79. The SMILES string of the molecule is O=C(O)CNC(=O)CN1CCCCCC1CC(O)c1ccccc1. The summed E-state index contributed by atoms with van der Waals surface area (Å²) in [5.41, 5.74) is 0.886. The Morgan fingerprint density at radius 2 is 1.96 bits per heavy atom. The molecule has 1 saturated heterocycles. The molecule has 2 unspecified atom stereocenters. The summed E-state index contributed by atoms with van der Waals surface area (Å²) in [6.45, 7) is 0.621. The topological polar surface area (TPSA) is 89.9 Å². The predicted octanol–water partition coefficient (Wildman–Crippen LogP) is 1.56. The number of rotatable bonds is 7. The van der Waals surface area contributed by atoms with Gasteiger partial charge in [0.25, 0.3) is 0 Å². The van der Waals surface area contributed by atoms with Crippen LogP contribution in [0.3, 0.4) is 0 Å². The fourth-order valence-electron chi connectivity index (χ4n) is 3.20. The normalized spacial score (nSPS) is 20.1. The Bertz CT molecular complexity index is 535. The number of aliphatic hydroxyl groups excluding tert-OH is 1. The molecule has 0 spiro atoms. The number of aliphatic carboxylic acids is 1. The molecule has 6 heteroatoms. The zero-order chi connectivity index (χ0) is 17.4. The van der Waals surface area contributed by atoms with Crippen LogP contribution in [0.5, 0.6) is 0 Å². The van der Waals surface area contributed by atoms with Crippen molar-refractivity contribution in [3.05, 3.63) is 35.9 Å². The van der Waals surface area contributed by atoms with Crippen molar-refractivity contribution in [3.63, 3.8) is 0 Å². The van der Waals surface area contributed by atoms with Gasteiger partial charge in [-0.3, -0.25) is 14.5 Å². The molecule has 2 atom stereocenters. The molecule has 3 N–H and O–H groups in total.